The van der Waals surface area contributed by atoms with Crippen LogP contribution in [0.25, 0.3) is 10.9 Å². The van der Waals surface area contributed by atoms with E-state index in [1.807, 2.05) is 62.4 Å². The number of ether oxygens (including phenoxy) is 2. The number of aromatic nitrogens is 1. The van der Waals surface area contributed by atoms with E-state index in [2.05, 4.69) is 10.3 Å². The van der Waals surface area contributed by atoms with Gasteiger partial charge in [0, 0.05) is 22.5 Å². The fourth-order valence-corrected chi connectivity index (χ4v) is 2.52. The number of pyridine rings is 1. The van der Waals surface area contributed by atoms with Gasteiger partial charge in [-0.25, -0.2) is 0 Å². The number of halogens is 1. The van der Waals surface area contributed by atoms with E-state index in [1.165, 1.54) is 0 Å². The molecule has 4 nitrogen and oxygen atoms in total. The van der Waals surface area contributed by atoms with Crippen molar-refractivity contribution in [3.8, 4) is 11.5 Å². The zero-order chi connectivity index (χ0) is 16.2. The monoisotopic (exact) mass is 343 g/mol. The Balaban J connectivity index is 0.00000208. The molecule has 0 amide bonds. The van der Waals surface area contributed by atoms with Crippen LogP contribution in [0.4, 0.5) is 11.4 Å². The van der Waals surface area contributed by atoms with Crippen LogP contribution in [0.1, 0.15) is 12.6 Å². The highest BCUT2D eigenvalue weighted by Gasteiger charge is 2.06. The Kier molecular flexibility index (Phi) is 5.88. The van der Waals surface area contributed by atoms with Crippen LogP contribution in [0.2, 0.25) is 0 Å². The highest BCUT2D eigenvalue weighted by Crippen LogP contribution is 2.30. The first-order valence-electron chi connectivity index (χ1n) is 7.65. The topological polar surface area (TPSA) is 43.4 Å². The summed E-state index contributed by atoms with van der Waals surface area (Å²) in [6.07, 6.45) is 0. The van der Waals surface area contributed by atoms with Crippen LogP contribution in [0.3, 0.4) is 0 Å². The van der Waals surface area contributed by atoms with Crippen molar-refractivity contribution in [1.82, 2.24) is 4.98 Å². The van der Waals surface area contributed by atoms with Crippen molar-refractivity contribution in [1.29, 1.82) is 0 Å². The fourth-order valence-electron chi connectivity index (χ4n) is 2.52. The average molecular weight is 344 g/mol. The van der Waals surface area contributed by atoms with Crippen LogP contribution in [0.5, 0.6) is 11.5 Å². The van der Waals surface area contributed by atoms with E-state index in [1.54, 1.807) is 7.11 Å². The SMILES string of the molecule is CCOc1ccc(Nc2cc(C)nc3ccc(OC)cc23)cc1.[Cl-]. The lowest BCUT2D eigenvalue weighted by Crippen LogP contribution is -3.00. The summed E-state index contributed by atoms with van der Waals surface area (Å²) in [4.78, 5) is 4.58. The molecule has 0 spiro atoms. The van der Waals surface area contributed by atoms with E-state index in [0.29, 0.717) is 6.61 Å². The van der Waals surface area contributed by atoms with Gasteiger partial charge in [-0.2, -0.15) is 0 Å². The Morgan fingerprint density at radius 3 is 2.38 bits per heavy atom. The number of fused-ring (bicyclic) bond motifs is 1. The zero-order valence-corrected chi connectivity index (χ0v) is 14.7. The largest absolute Gasteiger partial charge is 1.00 e. The number of nitrogens with zero attached hydrogens (tertiary/aromatic N) is 1. The molecule has 3 aromatic rings. The lowest BCUT2D eigenvalue weighted by atomic mass is 10.1. The molecular weight excluding hydrogens is 324 g/mol. The molecule has 0 fully saturated rings. The van der Waals surface area contributed by atoms with Gasteiger partial charge in [0.1, 0.15) is 11.5 Å². The molecule has 1 N–H and O–H groups in total. The maximum absolute atomic E-state index is 5.48. The predicted molar refractivity (Wildman–Crippen MR) is 93.9 cm³/mol. The molecule has 0 aliphatic rings. The summed E-state index contributed by atoms with van der Waals surface area (Å²) < 4.78 is 10.8. The van der Waals surface area contributed by atoms with Gasteiger partial charge in [-0.3, -0.25) is 4.98 Å². The van der Waals surface area contributed by atoms with Gasteiger partial charge in [-0.1, -0.05) is 0 Å². The quantitative estimate of drug-likeness (QED) is 0.766. The molecule has 3 rings (SSSR count). The van der Waals surface area contributed by atoms with E-state index in [9.17, 15) is 0 Å². The molecule has 5 heteroatoms. The first kappa shape index (κ1) is 17.9. The van der Waals surface area contributed by atoms with E-state index in [4.69, 9.17) is 9.47 Å². The Hall–Kier alpha value is -2.46. The molecule has 0 saturated carbocycles. The minimum Gasteiger partial charge on any atom is -1.00 e. The molecule has 0 saturated heterocycles. The fraction of sp³-hybridized carbons (Fsp3) is 0.211. The molecular formula is C19H20ClN2O2-. The van der Waals surface area contributed by atoms with Gasteiger partial charge in [0.25, 0.3) is 0 Å². The van der Waals surface area contributed by atoms with Gasteiger partial charge < -0.3 is 27.2 Å². The van der Waals surface area contributed by atoms with Gasteiger partial charge in [0.2, 0.25) is 0 Å². The van der Waals surface area contributed by atoms with Crippen molar-refractivity contribution < 1.29 is 21.9 Å². The number of rotatable bonds is 5. The number of anilines is 2. The minimum absolute atomic E-state index is 0. The van der Waals surface area contributed by atoms with Gasteiger partial charge in [0.15, 0.2) is 0 Å². The molecule has 2 aromatic carbocycles. The second kappa shape index (κ2) is 7.88. The number of aryl methyl sites for hydroxylation is 1. The Morgan fingerprint density at radius 1 is 1.00 bits per heavy atom. The summed E-state index contributed by atoms with van der Waals surface area (Å²) in [6, 6.07) is 15.9. The number of hydrogen-bond donors (Lipinski definition) is 1. The standard InChI is InChI=1S/C19H20N2O2.ClH/c1-4-23-15-7-5-14(6-8-15)21-19-11-13(2)20-18-10-9-16(22-3)12-17(18)19;/h5-12H,4H2,1-3H3,(H,20,21);1H/p-1. The maximum atomic E-state index is 5.48. The third-order valence-corrected chi connectivity index (χ3v) is 3.59. The molecule has 0 aliphatic heterocycles. The van der Waals surface area contributed by atoms with E-state index in [-0.39, 0.29) is 12.4 Å². The van der Waals surface area contributed by atoms with Crippen molar-refractivity contribution >= 4 is 22.3 Å². The molecule has 0 bridgehead atoms. The minimum atomic E-state index is 0. The Labute approximate surface area is 148 Å². The van der Waals surface area contributed by atoms with E-state index >= 15 is 0 Å². The zero-order valence-electron chi connectivity index (χ0n) is 14.0. The average Bonchev–Trinajstić information content (AvgIpc) is 2.56. The molecule has 1 aromatic heterocycles. The number of nitrogens with one attached hydrogen (secondary N) is 1. The van der Waals surface area contributed by atoms with E-state index in [0.717, 1.165) is 39.5 Å². The summed E-state index contributed by atoms with van der Waals surface area (Å²) in [7, 11) is 1.67. The van der Waals surface area contributed by atoms with Crippen LogP contribution < -0.4 is 27.2 Å². The summed E-state index contributed by atoms with van der Waals surface area (Å²) in [5.74, 6) is 1.69. The van der Waals surface area contributed by atoms with Crippen LogP contribution in [0.15, 0.2) is 48.5 Å². The first-order valence-corrected chi connectivity index (χ1v) is 7.65. The molecule has 1 heterocycles. The van der Waals surface area contributed by atoms with Crippen LogP contribution in [-0.2, 0) is 0 Å². The van der Waals surface area contributed by atoms with Crippen LogP contribution in [0, 0.1) is 6.92 Å². The summed E-state index contributed by atoms with van der Waals surface area (Å²) in [6.45, 7) is 4.64. The lowest BCUT2D eigenvalue weighted by Gasteiger charge is -2.12. The third kappa shape index (κ3) is 3.89. The third-order valence-electron chi connectivity index (χ3n) is 3.59. The normalized spacial score (nSPS) is 10.1. The molecule has 0 atom stereocenters. The first-order chi connectivity index (χ1) is 11.2. The Bertz CT molecular complexity index is 819. The second-order valence-corrected chi connectivity index (χ2v) is 5.28. The number of benzene rings is 2. The molecule has 0 aliphatic carbocycles. The lowest BCUT2D eigenvalue weighted by molar-refractivity contribution is -0.00000564. The van der Waals surface area contributed by atoms with Crippen LogP contribution >= 0.6 is 0 Å². The van der Waals surface area contributed by atoms with Crippen molar-refractivity contribution in [3.63, 3.8) is 0 Å². The van der Waals surface area contributed by atoms with Gasteiger partial charge in [0.05, 0.1) is 19.2 Å². The van der Waals surface area contributed by atoms with Gasteiger partial charge in [-0.15, -0.1) is 0 Å². The van der Waals surface area contributed by atoms with Crippen LogP contribution in [-0.4, -0.2) is 18.7 Å². The summed E-state index contributed by atoms with van der Waals surface area (Å²) >= 11 is 0. The molecule has 24 heavy (non-hydrogen) atoms. The molecule has 126 valence electrons. The smallest absolute Gasteiger partial charge is 0.119 e. The summed E-state index contributed by atoms with van der Waals surface area (Å²) in [5.41, 5.74) is 3.93. The highest BCUT2D eigenvalue weighted by atomic mass is 35.5. The van der Waals surface area contributed by atoms with Gasteiger partial charge >= 0.3 is 0 Å². The van der Waals surface area contributed by atoms with Gasteiger partial charge in [-0.05, 0) is 62.4 Å². The molecule has 0 radical (unpaired) electrons. The Morgan fingerprint density at radius 2 is 1.71 bits per heavy atom. The van der Waals surface area contributed by atoms with Crippen molar-refractivity contribution in [2.24, 2.45) is 0 Å². The van der Waals surface area contributed by atoms with Crippen molar-refractivity contribution in [2.75, 3.05) is 19.0 Å². The van der Waals surface area contributed by atoms with Crippen molar-refractivity contribution in [2.45, 2.75) is 13.8 Å². The van der Waals surface area contributed by atoms with E-state index < -0.39 is 0 Å². The highest BCUT2D eigenvalue weighted by molar-refractivity contribution is 5.94. The van der Waals surface area contributed by atoms with Crippen molar-refractivity contribution in [3.05, 3.63) is 54.2 Å². The number of hydrogen-bond acceptors (Lipinski definition) is 4. The maximum Gasteiger partial charge on any atom is 0.119 e. The summed E-state index contributed by atoms with van der Waals surface area (Å²) in [5, 5.41) is 4.49. The molecule has 0 unspecified atom stereocenters. The predicted octanol–water partition coefficient (Wildman–Crippen LogP) is 1.70. The second-order valence-electron chi connectivity index (χ2n) is 5.28. The number of methoxy groups -OCH3 is 1.